The van der Waals surface area contributed by atoms with Crippen molar-refractivity contribution in [3.05, 3.63) is 10.5 Å². The first kappa shape index (κ1) is 12.3. The van der Waals surface area contributed by atoms with Crippen molar-refractivity contribution in [3.8, 4) is 0 Å². The monoisotopic (exact) mass is 230 g/mol. The number of aromatic nitrogens is 3. The lowest BCUT2D eigenvalue weighted by molar-refractivity contribution is 0.437. The SMILES string of the molecule is CCCn1c(SCCN(C)C)n[nH]c1=O. The summed E-state index contributed by atoms with van der Waals surface area (Å²) in [5, 5.41) is 7.28. The number of hydrogen-bond donors (Lipinski definition) is 1. The van der Waals surface area contributed by atoms with Gasteiger partial charge in [0.2, 0.25) is 0 Å². The average molecular weight is 230 g/mol. The maximum absolute atomic E-state index is 11.3. The highest BCUT2D eigenvalue weighted by Crippen LogP contribution is 2.12. The first-order valence-electron chi connectivity index (χ1n) is 5.08. The summed E-state index contributed by atoms with van der Waals surface area (Å²) < 4.78 is 1.69. The van der Waals surface area contributed by atoms with Crippen molar-refractivity contribution in [1.82, 2.24) is 19.7 Å². The Morgan fingerprint density at radius 2 is 2.27 bits per heavy atom. The molecule has 0 amide bonds. The molecule has 0 saturated heterocycles. The van der Waals surface area contributed by atoms with Crippen LogP contribution in [-0.2, 0) is 6.54 Å². The molecule has 1 aromatic rings. The van der Waals surface area contributed by atoms with E-state index in [1.807, 2.05) is 21.0 Å². The maximum atomic E-state index is 11.3. The topological polar surface area (TPSA) is 53.9 Å². The van der Waals surface area contributed by atoms with Gasteiger partial charge in [-0.1, -0.05) is 18.7 Å². The zero-order chi connectivity index (χ0) is 11.3. The smallest absolute Gasteiger partial charge is 0.309 e. The van der Waals surface area contributed by atoms with Crippen LogP contribution in [0.2, 0.25) is 0 Å². The number of thioether (sulfide) groups is 1. The second-order valence-corrected chi connectivity index (χ2v) is 4.68. The van der Waals surface area contributed by atoms with Crippen LogP contribution in [0.5, 0.6) is 0 Å². The summed E-state index contributed by atoms with van der Waals surface area (Å²) in [5.41, 5.74) is -0.107. The van der Waals surface area contributed by atoms with Crippen molar-refractivity contribution in [2.24, 2.45) is 0 Å². The van der Waals surface area contributed by atoms with Crippen LogP contribution in [0, 0.1) is 0 Å². The predicted molar refractivity (Wildman–Crippen MR) is 62.4 cm³/mol. The lowest BCUT2D eigenvalue weighted by Gasteiger charge is -2.08. The lowest BCUT2D eigenvalue weighted by atomic mass is 10.5. The minimum absolute atomic E-state index is 0.107. The van der Waals surface area contributed by atoms with Gasteiger partial charge in [-0.2, -0.15) is 0 Å². The number of nitrogens with zero attached hydrogens (tertiary/aromatic N) is 3. The molecule has 1 N–H and O–H groups in total. The summed E-state index contributed by atoms with van der Waals surface area (Å²) in [5.74, 6) is 0.945. The van der Waals surface area contributed by atoms with Crippen molar-refractivity contribution >= 4 is 11.8 Å². The molecular weight excluding hydrogens is 212 g/mol. The van der Waals surface area contributed by atoms with Crippen LogP contribution in [-0.4, -0.2) is 46.1 Å². The van der Waals surface area contributed by atoms with Gasteiger partial charge in [-0.3, -0.25) is 4.57 Å². The molecule has 1 heterocycles. The zero-order valence-electron chi connectivity index (χ0n) is 9.49. The first-order valence-corrected chi connectivity index (χ1v) is 6.06. The molecule has 0 aliphatic rings. The van der Waals surface area contributed by atoms with Crippen molar-refractivity contribution in [3.63, 3.8) is 0 Å². The molecule has 0 saturated carbocycles. The number of rotatable bonds is 6. The van der Waals surface area contributed by atoms with Crippen molar-refractivity contribution in [2.45, 2.75) is 25.0 Å². The molecule has 0 bridgehead atoms. The van der Waals surface area contributed by atoms with Crippen molar-refractivity contribution in [1.29, 1.82) is 0 Å². The molecule has 0 aliphatic carbocycles. The van der Waals surface area contributed by atoms with Gasteiger partial charge in [0.15, 0.2) is 5.16 Å². The van der Waals surface area contributed by atoms with E-state index in [0.717, 1.165) is 30.4 Å². The summed E-state index contributed by atoms with van der Waals surface area (Å²) in [4.78, 5) is 13.5. The predicted octanol–water partition coefficient (Wildman–Crippen LogP) is 0.635. The summed E-state index contributed by atoms with van der Waals surface area (Å²) >= 11 is 1.62. The molecule has 0 fully saturated rings. The van der Waals surface area contributed by atoms with E-state index in [0.29, 0.717) is 0 Å². The molecule has 5 nitrogen and oxygen atoms in total. The van der Waals surface area contributed by atoms with Crippen molar-refractivity contribution < 1.29 is 0 Å². The van der Waals surface area contributed by atoms with Crippen LogP contribution in [0.25, 0.3) is 0 Å². The number of H-pyrrole nitrogens is 1. The molecule has 0 aromatic carbocycles. The van der Waals surface area contributed by atoms with Crippen molar-refractivity contribution in [2.75, 3.05) is 26.4 Å². The Balaban J connectivity index is 2.56. The average Bonchev–Trinajstić information content (AvgIpc) is 2.50. The fourth-order valence-electron chi connectivity index (χ4n) is 1.15. The number of aromatic amines is 1. The quantitative estimate of drug-likeness (QED) is 0.729. The van der Waals surface area contributed by atoms with E-state index in [4.69, 9.17) is 0 Å². The summed E-state index contributed by atoms with van der Waals surface area (Å²) in [6.45, 7) is 3.77. The lowest BCUT2D eigenvalue weighted by Crippen LogP contribution is -2.18. The molecule has 1 rings (SSSR count). The van der Waals surface area contributed by atoms with E-state index >= 15 is 0 Å². The van der Waals surface area contributed by atoms with Crippen LogP contribution < -0.4 is 5.69 Å². The molecule has 86 valence electrons. The highest BCUT2D eigenvalue weighted by molar-refractivity contribution is 7.99. The van der Waals surface area contributed by atoms with Crippen LogP contribution in [0.15, 0.2) is 9.95 Å². The molecule has 15 heavy (non-hydrogen) atoms. The third-order valence-corrected chi connectivity index (χ3v) is 2.90. The van der Waals surface area contributed by atoms with Gasteiger partial charge in [0.05, 0.1) is 0 Å². The Labute approximate surface area is 93.9 Å². The molecule has 0 spiro atoms. The van der Waals surface area contributed by atoms with Crippen LogP contribution in [0.1, 0.15) is 13.3 Å². The summed E-state index contributed by atoms with van der Waals surface area (Å²) in [7, 11) is 4.06. The standard InChI is InChI=1S/C9H18N4OS/c1-4-5-13-8(14)10-11-9(13)15-7-6-12(2)3/h4-7H2,1-3H3,(H,10,14). The van der Waals surface area contributed by atoms with Gasteiger partial charge in [0.1, 0.15) is 0 Å². The van der Waals surface area contributed by atoms with Crippen LogP contribution in [0.4, 0.5) is 0 Å². The van der Waals surface area contributed by atoms with E-state index in [-0.39, 0.29) is 5.69 Å². The normalized spacial score (nSPS) is 11.2. The van der Waals surface area contributed by atoms with E-state index in [1.165, 1.54) is 0 Å². The van der Waals surface area contributed by atoms with Gasteiger partial charge in [-0.25, -0.2) is 9.89 Å². The van der Waals surface area contributed by atoms with Gasteiger partial charge >= 0.3 is 5.69 Å². The maximum Gasteiger partial charge on any atom is 0.343 e. The number of nitrogens with one attached hydrogen (secondary N) is 1. The van der Waals surface area contributed by atoms with E-state index in [9.17, 15) is 4.79 Å². The molecule has 0 aliphatic heterocycles. The minimum Gasteiger partial charge on any atom is -0.309 e. The minimum atomic E-state index is -0.107. The van der Waals surface area contributed by atoms with E-state index < -0.39 is 0 Å². The molecule has 0 atom stereocenters. The van der Waals surface area contributed by atoms with E-state index in [1.54, 1.807) is 16.3 Å². The van der Waals surface area contributed by atoms with Gasteiger partial charge in [-0.15, -0.1) is 5.10 Å². The first-order chi connectivity index (χ1) is 7.15. The van der Waals surface area contributed by atoms with Gasteiger partial charge in [0.25, 0.3) is 0 Å². The van der Waals surface area contributed by atoms with Gasteiger partial charge in [-0.05, 0) is 20.5 Å². The Morgan fingerprint density at radius 3 is 2.87 bits per heavy atom. The summed E-state index contributed by atoms with van der Waals surface area (Å²) in [6.07, 6.45) is 0.945. The Kier molecular flexibility index (Phi) is 4.90. The molecule has 1 aromatic heterocycles. The molecule has 6 heteroatoms. The fraction of sp³-hybridized carbons (Fsp3) is 0.778. The molecule has 0 unspecified atom stereocenters. The van der Waals surface area contributed by atoms with Gasteiger partial charge in [0, 0.05) is 18.8 Å². The van der Waals surface area contributed by atoms with Crippen LogP contribution in [0.3, 0.4) is 0 Å². The molecular formula is C9H18N4OS. The Morgan fingerprint density at radius 1 is 1.53 bits per heavy atom. The third-order valence-electron chi connectivity index (χ3n) is 1.94. The highest BCUT2D eigenvalue weighted by atomic mass is 32.2. The van der Waals surface area contributed by atoms with E-state index in [2.05, 4.69) is 15.1 Å². The Bertz CT molecular complexity index is 344. The zero-order valence-corrected chi connectivity index (χ0v) is 10.3. The third kappa shape index (κ3) is 3.71. The van der Waals surface area contributed by atoms with Gasteiger partial charge < -0.3 is 4.90 Å². The Hall–Kier alpha value is -0.750. The second-order valence-electron chi connectivity index (χ2n) is 3.61. The second kappa shape index (κ2) is 5.97. The number of hydrogen-bond acceptors (Lipinski definition) is 4. The highest BCUT2D eigenvalue weighted by Gasteiger charge is 2.07. The fourth-order valence-corrected chi connectivity index (χ4v) is 2.23. The largest absolute Gasteiger partial charge is 0.343 e. The van der Waals surface area contributed by atoms with Crippen LogP contribution >= 0.6 is 11.8 Å². The molecule has 0 radical (unpaired) electrons. The summed E-state index contributed by atoms with van der Waals surface area (Å²) in [6, 6.07) is 0.